The molecule has 2 aromatic carbocycles. The van der Waals surface area contributed by atoms with E-state index in [-0.39, 0.29) is 18.4 Å². The van der Waals surface area contributed by atoms with Gasteiger partial charge in [0.25, 0.3) is 5.91 Å². The Labute approximate surface area is 123 Å². The van der Waals surface area contributed by atoms with Gasteiger partial charge in [0, 0.05) is 36.0 Å². The number of para-hydroxylation sites is 1. The van der Waals surface area contributed by atoms with E-state index in [1.54, 1.807) is 29.2 Å². The van der Waals surface area contributed by atoms with Gasteiger partial charge in [0.15, 0.2) is 0 Å². The van der Waals surface area contributed by atoms with Gasteiger partial charge in [-0.3, -0.25) is 4.79 Å². The van der Waals surface area contributed by atoms with Crippen LogP contribution in [-0.2, 0) is 6.42 Å². The first-order valence-corrected chi connectivity index (χ1v) is 7.05. The van der Waals surface area contributed by atoms with Gasteiger partial charge in [-0.25, -0.2) is 0 Å². The molecule has 1 heterocycles. The van der Waals surface area contributed by atoms with Crippen molar-refractivity contribution in [3.63, 3.8) is 0 Å². The van der Waals surface area contributed by atoms with Crippen LogP contribution in [0.3, 0.4) is 0 Å². The van der Waals surface area contributed by atoms with Crippen molar-refractivity contribution in [3.05, 3.63) is 59.7 Å². The van der Waals surface area contributed by atoms with Crippen LogP contribution in [0.1, 0.15) is 15.9 Å². The summed E-state index contributed by atoms with van der Waals surface area (Å²) in [7, 11) is 0. The molecule has 1 aliphatic rings. The van der Waals surface area contributed by atoms with Crippen LogP contribution in [0.25, 0.3) is 0 Å². The number of aliphatic hydroxyl groups excluding tert-OH is 1. The van der Waals surface area contributed by atoms with Gasteiger partial charge in [-0.1, -0.05) is 18.2 Å². The average Bonchev–Trinajstić information content (AvgIpc) is 2.53. The van der Waals surface area contributed by atoms with Crippen LogP contribution >= 0.6 is 0 Å². The maximum atomic E-state index is 12.7. The summed E-state index contributed by atoms with van der Waals surface area (Å²) in [6.07, 6.45) is 0.804. The Morgan fingerprint density at radius 3 is 2.62 bits per heavy atom. The summed E-state index contributed by atoms with van der Waals surface area (Å²) in [5, 5.41) is 9.47. The van der Waals surface area contributed by atoms with Crippen molar-refractivity contribution in [2.24, 2.45) is 5.92 Å². The maximum Gasteiger partial charge on any atom is 0.258 e. The second-order valence-electron chi connectivity index (χ2n) is 5.42. The van der Waals surface area contributed by atoms with Crippen molar-refractivity contribution in [3.8, 4) is 0 Å². The molecule has 0 saturated carbocycles. The number of aliphatic hydroxyl groups is 1. The summed E-state index contributed by atoms with van der Waals surface area (Å²) in [4.78, 5) is 14.5. The summed E-state index contributed by atoms with van der Waals surface area (Å²) in [6, 6.07) is 14.8. The smallest absolute Gasteiger partial charge is 0.258 e. The Bertz CT molecular complexity index is 652. The number of fused-ring (bicyclic) bond motifs is 1. The molecule has 3 N–H and O–H groups in total. The zero-order valence-electron chi connectivity index (χ0n) is 11.7. The van der Waals surface area contributed by atoms with Gasteiger partial charge in [-0.15, -0.1) is 0 Å². The lowest BCUT2D eigenvalue weighted by Gasteiger charge is -2.34. The molecule has 3 rings (SSSR count). The van der Waals surface area contributed by atoms with Crippen LogP contribution in [-0.4, -0.2) is 24.2 Å². The van der Waals surface area contributed by atoms with Crippen molar-refractivity contribution in [1.82, 2.24) is 0 Å². The molecule has 1 atom stereocenters. The van der Waals surface area contributed by atoms with E-state index in [1.165, 1.54) is 0 Å². The van der Waals surface area contributed by atoms with Gasteiger partial charge < -0.3 is 15.7 Å². The molecule has 0 spiro atoms. The van der Waals surface area contributed by atoms with Gasteiger partial charge in [0.1, 0.15) is 0 Å². The molecule has 0 bridgehead atoms. The minimum Gasteiger partial charge on any atom is -0.399 e. The highest BCUT2D eigenvalue weighted by molar-refractivity contribution is 6.06. The standard InChI is InChI=1S/C17H18N2O2/c18-15-7-5-13(6-8-15)17(21)19-10-12(11-20)9-14-3-1-2-4-16(14)19/h1-8,12,20H,9-11,18H2. The third-order valence-electron chi connectivity index (χ3n) is 3.89. The summed E-state index contributed by atoms with van der Waals surface area (Å²) in [6.45, 7) is 0.622. The molecule has 1 amide bonds. The SMILES string of the molecule is Nc1ccc(C(=O)N2CC(CO)Cc3ccccc32)cc1. The van der Waals surface area contributed by atoms with Crippen LogP contribution in [0, 0.1) is 5.92 Å². The molecule has 0 saturated heterocycles. The number of carbonyl (C=O) groups is 1. The van der Waals surface area contributed by atoms with Gasteiger partial charge in [-0.05, 0) is 42.3 Å². The van der Waals surface area contributed by atoms with Crippen LogP contribution in [0.2, 0.25) is 0 Å². The van der Waals surface area contributed by atoms with Crippen molar-refractivity contribution < 1.29 is 9.90 Å². The Morgan fingerprint density at radius 2 is 1.90 bits per heavy atom. The lowest BCUT2D eigenvalue weighted by molar-refractivity contribution is 0.0974. The minimum absolute atomic E-state index is 0.0550. The molecule has 0 radical (unpaired) electrons. The minimum atomic E-state index is -0.0550. The predicted octanol–water partition coefficient (Wildman–Crippen LogP) is 2.08. The zero-order chi connectivity index (χ0) is 14.8. The van der Waals surface area contributed by atoms with Crippen LogP contribution in [0.5, 0.6) is 0 Å². The quantitative estimate of drug-likeness (QED) is 0.829. The molecule has 4 heteroatoms. The lowest BCUT2D eigenvalue weighted by atomic mass is 9.92. The molecule has 2 aromatic rings. The van der Waals surface area contributed by atoms with Crippen LogP contribution in [0.15, 0.2) is 48.5 Å². The average molecular weight is 282 g/mol. The third-order valence-corrected chi connectivity index (χ3v) is 3.89. The van der Waals surface area contributed by atoms with E-state index in [2.05, 4.69) is 0 Å². The highest BCUT2D eigenvalue weighted by atomic mass is 16.3. The van der Waals surface area contributed by atoms with E-state index < -0.39 is 0 Å². The van der Waals surface area contributed by atoms with Crippen molar-refractivity contribution >= 4 is 17.3 Å². The van der Waals surface area contributed by atoms with Gasteiger partial charge in [0.2, 0.25) is 0 Å². The number of nitrogen functional groups attached to an aromatic ring is 1. The van der Waals surface area contributed by atoms with Gasteiger partial charge in [-0.2, -0.15) is 0 Å². The monoisotopic (exact) mass is 282 g/mol. The fraction of sp³-hybridized carbons (Fsp3) is 0.235. The summed E-state index contributed by atoms with van der Waals surface area (Å²) < 4.78 is 0. The Kier molecular flexibility index (Phi) is 3.62. The number of hydrogen-bond donors (Lipinski definition) is 2. The van der Waals surface area contributed by atoms with E-state index in [0.29, 0.717) is 17.8 Å². The first kappa shape index (κ1) is 13.6. The van der Waals surface area contributed by atoms with Crippen molar-refractivity contribution in [1.29, 1.82) is 0 Å². The lowest BCUT2D eigenvalue weighted by Crippen LogP contribution is -2.41. The van der Waals surface area contributed by atoms with E-state index in [0.717, 1.165) is 17.7 Å². The highest BCUT2D eigenvalue weighted by Crippen LogP contribution is 2.30. The second kappa shape index (κ2) is 5.58. The van der Waals surface area contributed by atoms with Gasteiger partial charge in [0.05, 0.1) is 0 Å². The van der Waals surface area contributed by atoms with Crippen LogP contribution < -0.4 is 10.6 Å². The maximum absolute atomic E-state index is 12.7. The highest BCUT2D eigenvalue weighted by Gasteiger charge is 2.28. The molecule has 0 aliphatic carbocycles. The van der Waals surface area contributed by atoms with E-state index in [1.807, 2.05) is 24.3 Å². The van der Waals surface area contributed by atoms with Gasteiger partial charge >= 0.3 is 0 Å². The van der Waals surface area contributed by atoms with E-state index in [9.17, 15) is 9.90 Å². The second-order valence-corrected chi connectivity index (χ2v) is 5.42. The topological polar surface area (TPSA) is 66.6 Å². The fourth-order valence-electron chi connectivity index (χ4n) is 2.77. The molecule has 108 valence electrons. The normalized spacial score (nSPS) is 17.4. The molecular weight excluding hydrogens is 264 g/mol. The summed E-state index contributed by atoms with van der Waals surface area (Å²) in [5.74, 6) is 0.0261. The van der Waals surface area contributed by atoms with Crippen LogP contribution in [0.4, 0.5) is 11.4 Å². The van der Waals surface area contributed by atoms with Crippen molar-refractivity contribution in [2.75, 3.05) is 23.8 Å². The number of benzene rings is 2. The van der Waals surface area contributed by atoms with E-state index >= 15 is 0 Å². The predicted molar refractivity (Wildman–Crippen MR) is 83.3 cm³/mol. The number of anilines is 2. The number of hydrogen-bond acceptors (Lipinski definition) is 3. The Hall–Kier alpha value is -2.33. The fourth-order valence-corrected chi connectivity index (χ4v) is 2.77. The third kappa shape index (κ3) is 2.62. The molecule has 1 unspecified atom stereocenters. The van der Waals surface area contributed by atoms with Crippen molar-refractivity contribution in [2.45, 2.75) is 6.42 Å². The Balaban J connectivity index is 1.97. The number of rotatable bonds is 2. The number of amides is 1. The molecule has 0 fully saturated rings. The molecule has 0 aromatic heterocycles. The Morgan fingerprint density at radius 1 is 1.19 bits per heavy atom. The van der Waals surface area contributed by atoms with E-state index in [4.69, 9.17) is 5.73 Å². The molecule has 1 aliphatic heterocycles. The first-order chi connectivity index (χ1) is 10.2. The summed E-state index contributed by atoms with van der Waals surface area (Å²) >= 11 is 0. The first-order valence-electron chi connectivity index (χ1n) is 7.05. The largest absolute Gasteiger partial charge is 0.399 e. The zero-order valence-corrected chi connectivity index (χ0v) is 11.7. The molecule has 4 nitrogen and oxygen atoms in total. The number of carbonyl (C=O) groups excluding carboxylic acids is 1. The molecule has 21 heavy (non-hydrogen) atoms. The number of nitrogens with two attached hydrogens (primary N) is 1. The molecular formula is C17H18N2O2. The number of nitrogens with zero attached hydrogens (tertiary/aromatic N) is 1. The summed E-state index contributed by atoms with van der Waals surface area (Å²) in [5.41, 5.74) is 8.95.